The predicted molar refractivity (Wildman–Crippen MR) is 101 cm³/mol. The van der Waals surface area contributed by atoms with Gasteiger partial charge in [-0.15, -0.1) is 0 Å². The molecule has 1 aromatic carbocycles. The molecule has 0 aliphatic heterocycles. The summed E-state index contributed by atoms with van der Waals surface area (Å²) in [5.41, 5.74) is 7.55. The Kier molecular flexibility index (Phi) is 5.03. The molecule has 8 nitrogen and oxygen atoms in total. The first-order valence-electron chi connectivity index (χ1n) is 8.48. The fourth-order valence-corrected chi connectivity index (χ4v) is 2.72. The molecule has 0 unspecified atom stereocenters. The second kappa shape index (κ2) is 7.25. The zero-order chi connectivity index (χ0) is 18.7. The Bertz CT molecular complexity index is 935. The third-order valence-electron chi connectivity index (χ3n) is 4.25. The van der Waals surface area contributed by atoms with Gasteiger partial charge in [-0.05, 0) is 26.0 Å². The largest absolute Gasteiger partial charge is 0.493 e. The summed E-state index contributed by atoms with van der Waals surface area (Å²) in [6, 6.07) is 5.60. The van der Waals surface area contributed by atoms with E-state index in [0.717, 1.165) is 16.7 Å². The van der Waals surface area contributed by atoms with Crippen LogP contribution in [0.3, 0.4) is 0 Å². The molecule has 0 aliphatic carbocycles. The molecule has 2 aromatic heterocycles. The first-order valence-corrected chi connectivity index (χ1v) is 8.48. The van der Waals surface area contributed by atoms with Crippen LogP contribution in [0.25, 0.3) is 21.9 Å². The summed E-state index contributed by atoms with van der Waals surface area (Å²) < 4.78 is 11.0. The minimum atomic E-state index is -0.664. The van der Waals surface area contributed by atoms with E-state index in [0.29, 0.717) is 48.7 Å². The van der Waals surface area contributed by atoms with E-state index >= 15 is 0 Å². The molecule has 0 fully saturated rings. The Morgan fingerprint density at radius 3 is 2.81 bits per heavy atom. The van der Waals surface area contributed by atoms with Gasteiger partial charge in [0.1, 0.15) is 34.0 Å². The van der Waals surface area contributed by atoms with Crippen LogP contribution in [0.5, 0.6) is 5.75 Å². The minimum absolute atomic E-state index is 0.366. The van der Waals surface area contributed by atoms with E-state index in [2.05, 4.69) is 20.1 Å². The Labute approximate surface area is 151 Å². The Hall–Kier alpha value is -2.74. The molecule has 0 amide bonds. The molecule has 0 spiro atoms. The monoisotopic (exact) mass is 357 g/mol. The average molecular weight is 357 g/mol. The highest BCUT2D eigenvalue weighted by Gasteiger charge is 2.19. The van der Waals surface area contributed by atoms with Gasteiger partial charge in [0.15, 0.2) is 0 Å². The van der Waals surface area contributed by atoms with E-state index in [1.807, 2.05) is 18.2 Å². The number of hydrogen-bond donors (Lipinski definition) is 2. The number of ether oxygens (including phenoxy) is 2. The molecule has 0 saturated carbocycles. The van der Waals surface area contributed by atoms with E-state index in [9.17, 15) is 4.91 Å². The van der Waals surface area contributed by atoms with E-state index in [1.54, 1.807) is 21.0 Å². The normalized spacial score (nSPS) is 12.0. The summed E-state index contributed by atoms with van der Waals surface area (Å²) in [4.78, 5) is 23.2. The number of nitroso groups, excluding NO2 is 1. The molecular weight excluding hydrogens is 334 g/mol. The molecular formula is C18H23N5O3. The van der Waals surface area contributed by atoms with Gasteiger partial charge in [-0.3, -0.25) is 0 Å². The average Bonchev–Trinajstić information content (AvgIpc) is 3.04. The number of methoxy groups -OCH3 is 1. The smallest absolute Gasteiger partial charge is 0.150 e. The highest BCUT2D eigenvalue weighted by Crippen LogP contribution is 2.33. The molecule has 8 heteroatoms. The van der Waals surface area contributed by atoms with Gasteiger partial charge in [0.2, 0.25) is 0 Å². The summed E-state index contributed by atoms with van der Waals surface area (Å²) in [7, 11) is 1.65. The summed E-state index contributed by atoms with van der Waals surface area (Å²) in [5.74, 6) is 1.84. The molecule has 3 rings (SSSR count). The summed E-state index contributed by atoms with van der Waals surface area (Å²) in [5, 5.41) is 3.92. The predicted octanol–water partition coefficient (Wildman–Crippen LogP) is 3.20. The molecule has 0 bridgehead atoms. The zero-order valence-electron chi connectivity index (χ0n) is 15.2. The van der Waals surface area contributed by atoms with Gasteiger partial charge >= 0.3 is 0 Å². The van der Waals surface area contributed by atoms with Crippen molar-refractivity contribution in [3.05, 3.63) is 28.9 Å². The van der Waals surface area contributed by atoms with Crippen molar-refractivity contribution >= 4 is 27.8 Å². The van der Waals surface area contributed by atoms with Crippen molar-refractivity contribution in [3.63, 3.8) is 0 Å². The molecule has 0 radical (unpaired) electrons. The maximum Gasteiger partial charge on any atom is 0.150 e. The fraction of sp³-hybridized carbons (Fsp3) is 0.444. The standard InChI is InChI=1S/C18H23N5O3/c1-18(2,23-24)8-10-26-12-6-4-5-11-14(12)15-16(17(19)20-11)22-13(21-15)7-9-25-3/h4-6H,7-10H2,1-3H3,(H2,19,20)(H,21,22). The van der Waals surface area contributed by atoms with Crippen LogP contribution in [-0.4, -0.2) is 40.8 Å². The second-order valence-electron chi connectivity index (χ2n) is 6.80. The number of nitrogens with one attached hydrogen (secondary N) is 1. The lowest BCUT2D eigenvalue weighted by Gasteiger charge is -2.16. The Balaban J connectivity index is 2.01. The maximum absolute atomic E-state index is 10.8. The third kappa shape index (κ3) is 3.60. The quantitative estimate of drug-likeness (QED) is 0.598. The number of nitrogens with two attached hydrogens (primary N) is 1. The van der Waals surface area contributed by atoms with Gasteiger partial charge < -0.3 is 20.2 Å². The minimum Gasteiger partial charge on any atom is -0.493 e. The summed E-state index contributed by atoms with van der Waals surface area (Å²) >= 11 is 0. The van der Waals surface area contributed by atoms with Crippen LogP contribution in [0.2, 0.25) is 0 Å². The van der Waals surface area contributed by atoms with Gasteiger partial charge in [0.05, 0.1) is 24.1 Å². The van der Waals surface area contributed by atoms with Crippen LogP contribution in [0.1, 0.15) is 26.1 Å². The molecule has 0 saturated heterocycles. The van der Waals surface area contributed by atoms with Crippen LogP contribution < -0.4 is 10.5 Å². The van der Waals surface area contributed by atoms with Crippen molar-refractivity contribution in [3.8, 4) is 5.75 Å². The SMILES string of the molecule is COCCc1nc2c([nH]1)c(N)nc1cccc(OCCC(C)(C)N=O)c12. The van der Waals surface area contributed by atoms with Crippen LogP contribution in [0.15, 0.2) is 23.4 Å². The molecule has 138 valence electrons. The van der Waals surface area contributed by atoms with Crippen LogP contribution in [0.4, 0.5) is 5.82 Å². The number of nitrogen functional groups attached to an aromatic ring is 1. The molecule has 0 atom stereocenters. The van der Waals surface area contributed by atoms with Crippen molar-refractivity contribution in [1.29, 1.82) is 0 Å². The van der Waals surface area contributed by atoms with Gasteiger partial charge in [0.25, 0.3) is 0 Å². The van der Waals surface area contributed by atoms with E-state index in [4.69, 9.17) is 15.2 Å². The topological polar surface area (TPSA) is 115 Å². The van der Waals surface area contributed by atoms with Crippen LogP contribution in [-0.2, 0) is 11.2 Å². The van der Waals surface area contributed by atoms with Crippen LogP contribution in [0, 0.1) is 4.91 Å². The number of benzene rings is 1. The number of fused-ring (bicyclic) bond motifs is 3. The van der Waals surface area contributed by atoms with E-state index < -0.39 is 5.54 Å². The van der Waals surface area contributed by atoms with Crippen LogP contribution >= 0.6 is 0 Å². The second-order valence-corrected chi connectivity index (χ2v) is 6.80. The Morgan fingerprint density at radius 1 is 1.27 bits per heavy atom. The van der Waals surface area contributed by atoms with Gasteiger partial charge in [0, 0.05) is 20.0 Å². The number of hydrogen-bond acceptors (Lipinski definition) is 7. The first-order chi connectivity index (χ1) is 12.4. The zero-order valence-corrected chi connectivity index (χ0v) is 15.2. The maximum atomic E-state index is 10.8. The summed E-state index contributed by atoms with van der Waals surface area (Å²) in [6.45, 7) is 4.48. The first kappa shape index (κ1) is 18.1. The lowest BCUT2D eigenvalue weighted by Crippen LogP contribution is -2.19. The van der Waals surface area contributed by atoms with Crippen molar-refractivity contribution < 1.29 is 9.47 Å². The number of anilines is 1. The number of rotatable bonds is 8. The number of imidazole rings is 1. The van der Waals surface area contributed by atoms with E-state index in [1.165, 1.54) is 0 Å². The molecule has 3 aromatic rings. The number of nitrogens with zero attached hydrogens (tertiary/aromatic N) is 3. The number of H-pyrrole nitrogens is 1. The molecule has 2 heterocycles. The van der Waals surface area contributed by atoms with E-state index in [-0.39, 0.29) is 0 Å². The molecule has 0 aliphatic rings. The van der Waals surface area contributed by atoms with Gasteiger partial charge in [-0.1, -0.05) is 11.2 Å². The fourth-order valence-electron chi connectivity index (χ4n) is 2.72. The van der Waals surface area contributed by atoms with Gasteiger partial charge in [-0.25, -0.2) is 9.97 Å². The summed E-state index contributed by atoms with van der Waals surface area (Å²) in [6.07, 6.45) is 1.16. The van der Waals surface area contributed by atoms with Crippen molar-refractivity contribution in [2.75, 3.05) is 26.1 Å². The molecule has 3 N–H and O–H groups in total. The van der Waals surface area contributed by atoms with Crippen molar-refractivity contribution in [2.45, 2.75) is 32.2 Å². The third-order valence-corrected chi connectivity index (χ3v) is 4.25. The number of aromatic nitrogens is 3. The molecule has 26 heavy (non-hydrogen) atoms. The van der Waals surface area contributed by atoms with Crippen molar-refractivity contribution in [2.24, 2.45) is 5.18 Å². The highest BCUT2D eigenvalue weighted by molar-refractivity contribution is 6.09. The number of pyridine rings is 1. The van der Waals surface area contributed by atoms with Crippen molar-refractivity contribution in [1.82, 2.24) is 15.0 Å². The lowest BCUT2D eigenvalue weighted by molar-refractivity contribution is 0.201. The Morgan fingerprint density at radius 2 is 2.08 bits per heavy atom. The number of aromatic amines is 1. The lowest BCUT2D eigenvalue weighted by atomic mass is 10.0. The van der Waals surface area contributed by atoms with Gasteiger partial charge in [-0.2, -0.15) is 4.91 Å². The highest BCUT2D eigenvalue weighted by atomic mass is 16.5.